The summed E-state index contributed by atoms with van der Waals surface area (Å²) in [5.41, 5.74) is 12.0. The highest BCUT2D eigenvalue weighted by Crippen LogP contribution is 2.24. The number of rotatable bonds is 4. The molecule has 1 aromatic carbocycles. The zero-order valence-electron chi connectivity index (χ0n) is 9.65. The van der Waals surface area contributed by atoms with E-state index in [1.807, 2.05) is 0 Å². The summed E-state index contributed by atoms with van der Waals surface area (Å²) in [6.45, 7) is 2.84. The Labute approximate surface area is 100 Å². The lowest BCUT2D eigenvalue weighted by Crippen LogP contribution is -2.34. The number of sulfonamides is 1. The zero-order valence-corrected chi connectivity index (χ0v) is 10.5. The number of amides is 1. The van der Waals surface area contributed by atoms with Crippen molar-refractivity contribution in [3.8, 4) is 0 Å². The van der Waals surface area contributed by atoms with E-state index in [9.17, 15) is 13.2 Å². The average molecular weight is 257 g/mol. The van der Waals surface area contributed by atoms with E-state index >= 15 is 0 Å². The van der Waals surface area contributed by atoms with Crippen molar-refractivity contribution in [3.63, 3.8) is 0 Å². The quantitative estimate of drug-likeness (QED) is 0.639. The second-order valence-electron chi connectivity index (χ2n) is 3.72. The minimum atomic E-state index is -3.77. The summed E-state index contributed by atoms with van der Waals surface area (Å²) in [6, 6.07) is 3.25. The molecule has 0 saturated heterocycles. The van der Waals surface area contributed by atoms with E-state index < -0.39 is 22.5 Å². The lowest BCUT2D eigenvalue weighted by molar-refractivity contribution is -0.116. The van der Waals surface area contributed by atoms with Gasteiger partial charge in [-0.25, -0.2) is 13.1 Å². The molecule has 0 atom stereocenters. The van der Waals surface area contributed by atoms with Crippen LogP contribution in [0.15, 0.2) is 17.0 Å². The van der Waals surface area contributed by atoms with E-state index in [1.54, 1.807) is 26.0 Å². The fraction of sp³-hybridized carbons (Fsp3) is 0.300. The molecule has 7 heteroatoms. The lowest BCUT2D eigenvalue weighted by atomic mass is 10.1. The first-order chi connectivity index (χ1) is 7.75. The summed E-state index contributed by atoms with van der Waals surface area (Å²) in [7, 11) is -3.77. The Hall–Kier alpha value is -1.60. The van der Waals surface area contributed by atoms with Crippen LogP contribution in [0, 0.1) is 13.8 Å². The van der Waals surface area contributed by atoms with Crippen LogP contribution in [-0.4, -0.2) is 20.9 Å². The second-order valence-corrected chi connectivity index (χ2v) is 5.42. The number of nitrogen functional groups attached to an aromatic ring is 1. The Balaban J connectivity index is 3.24. The van der Waals surface area contributed by atoms with E-state index in [2.05, 4.69) is 4.72 Å². The average Bonchev–Trinajstić information content (AvgIpc) is 2.21. The molecule has 0 aliphatic rings. The van der Waals surface area contributed by atoms with Crippen molar-refractivity contribution in [2.75, 3.05) is 12.3 Å². The maximum atomic E-state index is 12.0. The molecule has 0 saturated carbocycles. The van der Waals surface area contributed by atoms with Crippen molar-refractivity contribution in [1.29, 1.82) is 0 Å². The number of nitrogens with two attached hydrogens (primary N) is 2. The van der Waals surface area contributed by atoms with Gasteiger partial charge in [0.15, 0.2) is 0 Å². The van der Waals surface area contributed by atoms with Gasteiger partial charge in [0.1, 0.15) is 0 Å². The number of hydrogen-bond donors (Lipinski definition) is 3. The predicted octanol–water partition coefficient (Wildman–Crippen LogP) is -0.351. The van der Waals surface area contributed by atoms with Crippen LogP contribution >= 0.6 is 0 Å². The van der Waals surface area contributed by atoms with Gasteiger partial charge in [-0.1, -0.05) is 6.07 Å². The summed E-state index contributed by atoms with van der Waals surface area (Å²) in [5, 5.41) is 0. The summed E-state index contributed by atoms with van der Waals surface area (Å²) in [6.07, 6.45) is 0. The second kappa shape index (κ2) is 4.72. The number of benzene rings is 1. The van der Waals surface area contributed by atoms with E-state index in [4.69, 9.17) is 11.5 Å². The van der Waals surface area contributed by atoms with Crippen LogP contribution < -0.4 is 16.2 Å². The smallest absolute Gasteiger partial charge is 0.241 e. The summed E-state index contributed by atoms with van der Waals surface area (Å²) in [5.74, 6) is -0.743. The molecule has 0 fully saturated rings. The topological polar surface area (TPSA) is 115 Å². The van der Waals surface area contributed by atoms with E-state index in [0.29, 0.717) is 16.8 Å². The molecule has 1 amide bonds. The van der Waals surface area contributed by atoms with Gasteiger partial charge in [0, 0.05) is 5.69 Å². The third kappa shape index (κ3) is 2.95. The fourth-order valence-electron chi connectivity index (χ4n) is 1.49. The Bertz CT molecular complexity index is 552. The number of nitrogens with one attached hydrogen (secondary N) is 1. The SMILES string of the molecule is Cc1ccc(N)c(C)c1S(=O)(=O)NCC(N)=O. The van der Waals surface area contributed by atoms with Gasteiger partial charge < -0.3 is 11.5 Å². The number of carbonyl (C=O) groups excluding carboxylic acids is 1. The van der Waals surface area contributed by atoms with Gasteiger partial charge in [0.2, 0.25) is 15.9 Å². The highest BCUT2D eigenvalue weighted by molar-refractivity contribution is 7.89. The molecule has 0 unspecified atom stereocenters. The third-order valence-electron chi connectivity index (χ3n) is 2.35. The Morgan fingerprint density at radius 2 is 1.94 bits per heavy atom. The molecular weight excluding hydrogens is 242 g/mol. The molecule has 0 spiro atoms. The minimum absolute atomic E-state index is 0.0961. The Morgan fingerprint density at radius 3 is 2.47 bits per heavy atom. The highest BCUT2D eigenvalue weighted by atomic mass is 32.2. The van der Waals surface area contributed by atoms with Crippen molar-refractivity contribution >= 4 is 21.6 Å². The molecule has 6 nitrogen and oxygen atoms in total. The van der Waals surface area contributed by atoms with Gasteiger partial charge in [0.25, 0.3) is 0 Å². The monoisotopic (exact) mass is 257 g/mol. The Kier molecular flexibility index (Phi) is 3.74. The van der Waals surface area contributed by atoms with Gasteiger partial charge in [-0.3, -0.25) is 4.79 Å². The van der Waals surface area contributed by atoms with Crippen molar-refractivity contribution in [1.82, 2.24) is 4.72 Å². The summed E-state index contributed by atoms with van der Waals surface area (Å²) < 4.78 is 26.0. The molecule has 0 radical (unpaired) electrons. The number of anilines is 1. The molecule has 1 aromatic rings. The number of aryl methyl sites for hydroxylation is 1. The van der Waals surface area contributed by atoms with Crippen LogP contribution in [0.1, 0.15) is 11.1 Å². The molecule has 94 valence electrons. The van der Waals surface area contributed by atoms with Crippen molar-refractivity contribution < 1.29 is 13.2 Å². The van der Waals surface area contributed by atoms with E-state index in [1.165, 1.54) is 0 Å². The van der Waals surface area contributed by atoms with Crippen LogP contribution in [0.5, 0.6) is 0 Å². The molecule has 5 N–H and O–H groups in total. The lowest BCUT2D eigenvalue weighted by Gasteiger charge is -2.12. The van der Waals surface area contributed by atoms with Crippen LogP contribution in [0.4, 0.5) is 5.69 Å². The van der Waals surface area contributed by atoms with Crippen molar-refractivity contribution in [3.05, 3.63) is 23.3 Å². The molecular formula is C10H15N3O3S. The first-order valence-corrected chi connectivity index (χ1v) is 6.37. The zero-order chi connectivity index (χ0) is 13.2. The van der Waals surface area contributed by atoms with Crippen molar-refractivity contribution in [2.45, 2.75) is 18.7 Å². The van der Waals surface area contributed by atoms with Gasteiger partial charge in [-0.15, -0.1) is 0 Å². The maximum absolute atomic E-state index is 12.0. The van der Waals surface area contributed by atoms with Gasteiger partial charge in [0.05, 0.1) is 11.4 Å². The van der Waals surface area contributed by atoms with Crippen molar-refractivity contribution in [2.24, 2.45) is 5.73 Å². The number of primary amides is 1. The largest absolute Gasteiger partial charge is 0.398 e. The molecule has 0 bridgehead atoms. The third-order valence-corrected chi connectivity index (χ3v) is 4.04. The molecule has 0 aromatic heterocycles. The molecule has 17 heavy (non-hydrogen) atoms. The molecule has 0 aliphatic carbocycles. The summed E-state index contributed by atoms with van der Waals surface area (Å²) in [4.78, 5) is 10.7. The molecule has 0 heterocycles. The van der Waals surface area contributed by atoms with Crippen LogP contribution in [0.2, 0.25) is 0 Å². The van der Waals surface area contributed by atoms with E-state index in [-0.39, 0.29) is 4.90 Å². The van der Waals surface area contributed by atoms with E-state index in [0.717, 1.165) is 0 Å². The standard InChI is InChI=1S/C10H15N3O3S/c1-6-3-4-8(11)7(2)10(6)17(15,16)13-5-9(12)14/h3-4,13H,5,11H2,1-2H3,(H2,12,14). The van der Waals surface area contributed by atoms with Gasteiger partial charge in [-0.05, 0) is 31.0 Å². The summed E-state index contributed by atoms with van der Waals surface area (Å²) >= 11 is 0. The first-order valence-electron chi connectivity index (χ1n) is 4.89. The normalized spacial score (nSPS) is 11.4. The fourth-order valence-corrected chi connectivity index (χ4v) is 2.98. The minimum Gasteiger partial charge on any atom is -0.398 e. The van der Waals surface area contributed by atoms with Crippen LogP contribution in [0.25, 0.3) is 0 Å². The van der Waals surface area contributed by atoms with Gasteiger partial charge in [-0.2, -0.15) is 0 Å². The maximum Gasteiger partial charge on any atom is 0.241 e. The van der Waals surface area contributed by atoms with Gasteiger partial charge >= 0.3 is 0 Å². The molecule has 0 aliphatic heterocycles. The van der Waals surface area contributed by atoms with Crippen LogP contribution in [-0.2, 0) is 14.8 Å². The molecule has 1 rings (SSSR count). The first kappa shape index (κ1) is 13.5. The Morgan fingerprint density at radius 1 is 1.35 bits per heavy atom. The highest BCUT2D eigenvalue weighted by Gasteiger charge is 2.20. The predicted molar refractivity (Wildman–Crippen MR) is 64.7 cm³/mol. The number of carbonyl (C=O) groups is 1. The van der Waals surface area contributed by atoms with Crippen LogP contribution in [0.3, 0.4) is 0 Å². The number of hydrogen-bond acceptors (Lipinski definition) is 4.